The fourth-order valence-corrected chi connectivity index (χ4v) is 0.760. The predicted molar refractivity (Wildman–Crippen MR) is 44.7 cm³/mol. The van der Waals surface area contributed by atoms with E-state index in [2.05, 4.69) is 0 Å². The Kier molecular flexibility index (Phi) is 33.5. The van der Waals surface area contributed by atoms with Crippen LogP contribution in [0.3, 0.4) is 0 Å². The summed E-state index contributed by atoms with van der Waals surface area (Å²) in [5.41, 5.74) is 0. The van der Waals surface area contributed by atoms with Crippen LogP contribution in [0.4, 0.5) is 0 Å². The third-order valence-corrected chi connectivity index (χ3v) is 1.25. The van der Waals surface area contributed by atoms with Gasteiger partial charge in [-0.2, -0.15) is 0 Å². The maximum Gasteiger partial charge on any atom is 1.00 e. The van der Waals surface area contributed by atoms with Crippen LogP contribution in [-0.2, 0) is 0 Å². The zero-order valence-electron chi connectivity index (χ0n) is 8.19. The third-order valence-electron chi connectivity index (χ3n) is 1.25. The van der Waals surface area contributed by atoms with Crippen molar-refractivity contribution in [3.8, 4) is 0 Å². The molecule has 0 aromatic carbocycles. The minimum Gasteiger partial charge on any atom is -0.870 e. The second-order valence-corrected chi connectivity index (χ2v) is 2.01. The van der Waals surface area contributed by atoms with Gasteiger partial charge in [0.2, 0.25) is 0 Å². The standard InChI is InChI=1S/C6H15NO3.H3N.Na.H2O/c8-4-1-7(2-5-9)3-6-10;;;/h8-10H,1-6H2;1H3;;1H2/q;;+1;/p-1. The molecule has 0 heterocycles. The molecule has 0 rings (SSSR count). The number of aliphatic hydroxyl groups excluding tert-OH is 3. The van der Waals surface area contributed by atoms with E-state index in [0.29, 0.717) is 19.6 Å². The van der Waals surface area contributed by atoms with E-state index in [1.54, 1.807) is 4.90 Å². The largest absolute Gasteiger partial charge is 1.00 e. The van der Waals surface area contributed by atoms with Gasteiger partial charge in [-0.05, 0) is 0 Å². The van der Waals surface area contributed by atoms with Gasteiger partial charge in [0.25, 0.3) is 0 Å². The number of aliphatic hydroxyl groups is 3. The van der Waals surface area contributed by atoms with Crippen molar-refractivity contribution in [2.45, 2.75) is 0 Å². The van der Waals surface area contributed by atoms with Gasteiger partial charge in [-0.1, -0.05) is 0 Å². The van der Waals surface area contributed by atoms with Crippen LogP contribution in [0.15, 0.2) is 0 Å². The molecule has 78 valence electrons. The Morgan fingerprint density at radius 3 is 1.15 bits per heavy atom. The summed E-state index contributed by atoms with van der Waals surface area (Å²) in [6, 6.07) is 0. The van der Waals surface area contributed by atoms with Crippen molar-refractivity contribution >= 4 is 0 Å². The molecule has 0 amide bonds. The van der Waals surface area contributed by atoms with Crippen LogP contribution in [0, 0.1) is 0 Å². The number of hydrogen-bond donors (Lipinski definition) is 4. The number of hydrogen-bond acceptors (Lipinski definition) is 6. The fourth-order valence-electron chi connectivity index (χ4n) is 0.760. The third kappa shape index (κ3) is 15.5. The molecule has 13 heavy (non-hydrogen) atoms. The monoisotopic (exact) mass is 206 g/mol. The molecule has 7 heteroatoms. The van der Waals surface area contributed by atoms with E-state index >= 15 is 0 Å². The molecule has 0 aliphatic heterocycles. The van der Waals surface area contributed by atoms with Crippen molar-refractivity contribution in [2.75, 3.05) is 39.5 Å². The Morgan fingerprint density at radius 2 is 1.00 bits per heavy atom. The first kappa shape index (κ1) is 23.5. The second-order valence-electron chi connectivity index (χ2n) is 2.01. The zero-order chi connectivity index (χ0) is 7.82. The van der Waals surface area contributed by atoms with Crippen molar-refractivity contribution < 1.29 is 50.4 Å². The number of rotatable bonds is 6. The maximum atomic E-state index is 8.48. The van der Waals surface area contributed by atoms with Gasteiger partial charge >= 0.3 is 29.6 Å². The van der Waals surface area contributed by atoms with E-state index in [1.165, 1.54) is 0 Å². The van der Waals surface area contributed by atoms with Crippen molar-refractivity contribution in [2.24, 2.45) is 0 Å². The summed E-state index contributed by atoms with van der Waals surface area (Å²) in [5.74, 6) is 0. The summed E-state index contributed by atoms with van der Waals surface area (Å²) < 4.78 is 0. The Hall–Kier alpha value is 0.760. The quantitative estimate of drug-likeness (QED) is 0.323. The van der Waals surface area contributed by atoms with E-state index in [-0.39, 0.29) is 61.0 Å². The minimum atomic E-state index is 0. The van der Waals surface area contributed by atoms with E-state index in [9.17, 15) is 0 Å². The van der Waals surface area contributed by atoms with E-state index in [4.69, 9.17) is 15.3 Å². The molecule has 0 aliphatic rings. The summed E-state index contributed by atoms with van der Waals surface area (Å²) in [4.78, 5) is 1.79. The number of nitrogens with zero attached hydrogens (tertiary/aromatic N) is 1. The summed E-state index contributed by atoms with van der Waals surface area (Å²) in [6.45, 7) is 1.75. The summed E-state index contributed by atoms with van der Waals surface area (Å²) in [7, 11) is 0. The van der Waals surface area contributed by atoms with Crippen molar-refractivity contribution in [1.29, 1.82) is 0 Å². The molecular weight excluding hydrogens is 187 g/mol. The van der Waals surface area contributed by atoms with E-state index in [1.807, 2.05) is 0 Å². The SMILES string of the molecule is N.OCCN(CCO)CCO.[Na+].[OH-]. The van der Waals surface area contributed by atoms with Crippen molar-refractivity contribution in [3.63, 3.8) is 0 Å². The van der Waals surface area contributed by atoms with Gasteiger partial charge in [-0.25, -0.2) is 0 Å². The summed E-state index contributed by atoms with van der Waals surface area (Å²) in [5, 5.41) is 25.5. The maximum absolute atomic E-state index is 8.48. The molecule has 0 aromatic rings. The first-order valence-corrected chi connectivity index (χ1v) is 3.40. The van der Waals surface area contributed by atoms with Crippen molar-refractivity contribution in [3.05, 3.63) is 0 Å². The van der Waals surface area contributed by atoms with Gasteiger partial charge in [0.05, 0.1) is 19.8 Å². The zero-order valence-corrected chi connectivity index (χ0v) is 10.2. The summed E-state index contributed by atoms with van der Waals surface area (Å²) in [6.07, 6.45) is 0. The Balaban J connectivity index is -0.000000135. The van der Waals surface area contributed by atoms with Crippen LogP contribution in [0.25, 0.3) is 0 Å². The smallest absolute Gasteiger partial charge is 0.870 e. The van der Waals surface area contributed by atoms with Crippen LogP contribution >= 0.6 is 0 Å². The first-order chi connectivity index (χ1) is 4.85. The molecule has 0 atom stereocenters. The molecule has 0 saturated carbocycles. The van der Waals surface area contributed by atoms with Gasteiger partial charge in [-0.3, -0.25) is 4.90 Å². The van der Waals surface area contributed by atoms with Crippen LogP contribution in [0.2, 0.25) is 0 Å². The Bertz CT molecular complexity index is 65.4. The molecule has 0 aromatic heterocycles. The first-order valence-electron chi connectivity index (χ1n) is 3.40. The molecule has 6 nitrogen and oxygen atoms in total. The Morgan fingerprint density at radius 1 is 0.769 bits per heavy atom. The van der Waals surface area contributed by atoms with Crippen LogP contribution in [0.1, 0.15) is 0 Å². The van der Waals surface area contributed by atoms with Crippen LogP contribution in [-0.4, -0.2) is 65.2 Å². The Labute approximate surface area is 101 Å². The van der Waals surface area contributed by atoms with Crippen molar-refractivity contribution in [1.82, 2.24) is 11.1 Å². The second kappa shape index (κ2) is 18.5. The molecule has 0 unspecified atom stereocenters. The fraction of sp³-hybridized carbons (Fsp3) is 1.00. The molecule has 0 saturated heterocycles. The minimum absolute atomic E-state index is 0. The van der Waals surface area contributed by atoms with E-state index in [0.717, 1.165) is 0 Å². The van der Waals surface area contributed by atoms with Crippen LogP contribution in [0.5, 0.6) is 0 Å². The molecular formula is C6H19N2NaO4. The van der Waals surface area contributed by atoms with Crippen LogP contribution < -0.4 is 35.7 Å². The molecule has 0 radical (unpaired) electrons. The van der Waals surface area contributed by atoms with Gasteiger partial charge < -0.3 is 26.9 Å². The predicted octanol–water partition coefficient (Wildman–Crippen LogP) is -4.75. The van der Waals surface area contributed by atoms with Gasteiger partial charge in [0, 0.05) is 19.6 Å². The molecule has 0 bridgehead atoms. The van der Waals surface area contributed by atoms with Gasteiger partial charge in [-0.15, -0.1) is 0 Å². The molecule has 0 aliphatic carbocycles. The molecule has 0 spiro atoms. The topological polar surface area (TPSA) is 129 Å². The van der Waals surface area contributed by atoms with Gasteiger partial charge in [0.1, 0.15) is 0 Å². The normalized spacial score (nSPS) is 8.31. The average Bonchev–Trinajstić information content (AvgIpc) is 1.90. The average molecular weight is 206 g/mol. The molecule has 7 N–H and O–H groups in total. The summed E-state index contributed by atoms with van der Waals surface area (Å²) >= 11 is 0. The van der Waals surface area contributed by atoms with E-state index < -0.39 is 0 Å². The molecule has 0 fully saturated rings. The van der Waals surface area contributed by atoms with Gasteiger partial charge in [0.15, 0.2) is 0 Å².